The number of rotatable bonds is 4. The van der Waals surface area contributed by atoms with Crippen molar-refractivity contribution >= 4 is 51.6 Å². The van der Waals surface area contributed by atoms with E-state index in [9.17, 15) is 14.4 Å². The van der Waals surface area contributed by atoms with E-state index >= 15 is 0 Å². The Balaban J connectivity index is 1.76. The number of fused-ring (bicyclic) bond motifs is 1. The van der Waals surface area contributed by atoms with Crippen LogP contribution in [-0.4, -0.2) is 28.5 Å². The number of amides is 2. The molecule has 1 unspecified atom stereocenters. The zero-order chi connectivity index (χ0) is 17.1. The molecule has 1 aliphatic rings. The Hall–Kier alpha value is -2.19. The smallest absolute Gasteiger partial charge is 0.434 e. The first-order chi connectivity index (χ1) is 11.5. The van der Waals surface area contributed by atoms with E-state index in [4.69, 9.17) is 9.47 Å². The minimum atomic E-state index is -0.738. The van der Waals surface area contributed by atoms with Gasteiger partial charge in [-0.2, -0.15) is 0 Å². The van der Waals surface area contributed by atoms with Gasteiger partial charge in [-0.05, 0) is 53.7 Å². The molecule has 2 aromatic rings. The van der Waals surface area contributed by atoms with Gasteiger partial charge in [0, 0.05) is 4.90 Å². The lowest BCUT2D eigenvalue weighted by Crippen LogP contribution is -2.22. The highest BCUT2D eigenvalue weighted by Crippen LogP contribution is 2.36. The van der Waals surface area contributed by atoms with Gasteiger partial charge in [0.05, 0.1) is 6.61 Å². The first-order valence-corrected chi connectivity index (χ1v) is 8.87. The van der Waals surface area contributed by atoms with Gasteiger partial charge in [-0.25, -0.2) is 4.79 Å². The second kappa shape index (κ2) is 7.14. The van der Waals surface area contributed by atoms with Crippen molar-refractivity contribution in [2.24, 2.45) is 0 Å². The molecule has 124 valence electrons. The van der Waals surface area contributed by atoms with Gasteiger partial charge in [0.2, 0.25) is 0 Å². The second-order valence-electron chi connectivity index (χ2n) is 4.80. The molecule has 2 aromatic carbocycles. The van der Waals surface area contributed by atoms with Crippen LogP contribution in [0.5, 0.6) is 5.75 Å². The summed E-state index contributed by atoms with van der Waals surface area (Å²) in [7, 11) is 0. The van der Waals surface area contributed by atoms with Gasteiger partial charge < -0.3 is 9.47 Å². The molecule has 1 heterocycles. The van der Waals surface area contributed by atoms with Crippen molar-refractivity contribution < 1.29 is 23.9 Å². The summed E-state index contributed by atoms with van der Waals surface area (Å²) in [4.78, 5) is 35.0. The molecule has 3 rings (SSSR count). The highest BCUT2D eigenvalue weighted by atomic mass is 32.2. The van der Waals surface area contributed by atoms with Crippen molar-refractivity contribution in [3.63, 3.8) is 0 Å². The monoisotopic (exact) mass is 363 g/mol. The molecular formula is C16H13NO5S2. The largest absolute Gasteiger partial charge is 0.513 e. The molecule has 2 amide bonds. The Morgan fingerprint density at radius 3 is 2.67 bits per heavy atom. The zero-order valence-corrected chi connectivity index (χ0v) is 14.2. The fraction of sp³-hybridized carbons (Fsp3) is 0.188. The van der Waals surface area contributed by atoms with E-state index in [1.807, 2.05) is 24.3 Å². The molecule has 0 aliphatic carbocycles. The Kier molecular flexibility index (Phi) is 4.96. The number of carbonyl (C=O) groups excluding carboxylic acids is 3. The Morgan fingerprint density at radius 1 is 1.21 bits per heavy atom. The van der Waals surface area contributed by atoms with Crippen LogP contribution in [0.1, 0.15) is 6.92 Å². The summed E-state index contributed by atoms with van der Waals surface area (Å²) >= 11 is 2.30. The summed E-state index contributed by atoms with van der Waals surface area (Å²) in [5, 5.41) is 3.77. The van der Waals surface area contributed by atoms with Crippen LogP contribution in [0.25, 0.3) is 10.8 Å². The van der Waals surface area contributed by atoms with E-state index in [1.165, 1.54) is 11.8 Å². The predicted molar refractivity (Wildman–Crippen MR) is 92.4 cm³/mol. The Morgan fingerprint density at radius 2 is 1.96 bits per heavy atom. The van der Waals surface area contributed by atoms with Gasteiger partial charge in [0.1, 0.15) is 10.3 Å². The molecule has 1 N–H and O–H groups in total. The predicted octanol–water partition coefficient (Wildman–Crippen LogP) is 3.78. The molecule has 0 aromatic heterocycles. The van der Waals surface area contributed by atoms with Gasteiger partial charge in [0.25, 0.3) is 11.1 Å². The molecule has 24 heavy (non-hydrogen) atoms. The third-order valence-electron chi connectivity index (χ3n) is 3.14. The Labute approximate surface area is 146 Å². The molecule has 1 fully saturated rings. The number of benzene rings is 2. The van der Waals surface area contributed by atoms with E-state index in [0.29, 0.717) is 5.75 Å². The summed E-state index contributed by atoms with van der Waals surface area (Å²) in [6, 6.07) is 10.9. The van der Waals surface area contributed by atoms with Gasteiger partial charge in [0.15, 0.2) is 0 Å². The summed E-state index contributed by atoms with van der Waals surface area (Å²) in [5.74, 6) is 0.117. The van der Waals surface area contributed by atoms with E-state index in [-0.39, 0.29) is 17.8 Å². The summed E-state index contributed by atoms with van der Waals surface area (Å²) in [6.07, 6.45) is -0.738. The van der Waals surface area contributed by atoms with Crippen molar-refractivity contribution in [1.29, 1.82) is 0 Å². The van der Waals surface area contributed by atoms with Crippen molar-refractivity contribution in [3.8, 4) is 5.75 Å². The van der Waals surface area contributed by atoms with Gasteiger partial charge in [-0.3, -0.25) is 14.9 Å². The average molecular weight is 363 g/mol. The lowest BCUT2D eigenvalue weighted by atomic mass is 10.1. The van der Waals surface area contributed by atoms with Crippen LogP contribution in [0.3, 0.4) is 0 Å². The lowest BCUT2D eigenvalue weighted by molar-refractivity contribution is -0.117. The number of hydrogen-bond donors (Lipinski definition) is 1. The van der Waals surface area contributed by atoms with E-state index in [2.05, 4.69) is 5.32 Å². The van der Waals surface area contributed by atoms with E-state index < -0.39 is 10.7 Å². The second-order valence-corrected chi connectivity index (χ2v) is 7.35. The lowest BCUT2D eigenvalue weighted by Gasteiger charge is -2.08. The van der Waals surface area contributed by atoms with Crippen LogP contribution in [0, 0.1) is 0 Å². The topological polar surface area (TPSA) is 81.7 Å². The standard InChI is InChI=1S/C16H13NO5S2/c1-2-21-16(20)22-11-5-3-10-8-12(6-4-9(10)7-11)23-14-13(18)17-15(19)24-14/h3-8,14H,2H2,1H3,(H,17,18,19). The third-order valence-corrected chi connectivity index (χ3v) is 5.42. The fourth-order valence-corrected chi connectivity index (χ4v) is 4.19. The van der Waals surface area contributed by atoms with Crippen molar-refractivity contribution in [1.82, 2.24) is 5.32 Å². The highest BCUT2D eigenvalue weighted by Gasteiger charge is 2.32. The van der Waals surface area contributed by atoms with Crippen molar-refractivity contribution in [2.75, 3.05) is 6.61 Å². The van der Waals surface area contributed by atoms with Crippen LogP contribution in [0.2, 0.25) is 0 Å². The third kappa shape index (κ3) is 3.82. The molecule has 1 aliphatic heterocycles. The fourth-order valence-electron chi connectivity index (χ4n) is 2.12. The minimum Gasteiger partial charge on any atom is -0.434 e. The summed E-state index contributed by atoms with van der Waals surface area (Å²) < 4.78 is 9.33. The maximum atomic E-state index is 11.6. The van der Waals surface area contributed by atoms with Crippen molar-refractivity contribution in [2.45, 2.75) is 16.4 Å². The number of hydrogen-bond acceptors (Lipinski definition) is 7. The van der Waals surface area contributed by atoms with Crippen LogP contribution in [0.4, 0.5) is 9.59 Å². The van der Waals surface area contributed by atoms with Crippen LogP contribution in [0.15, 0.2) is 41.3 Å². The van der Waals surface area contributed by atoms with Crippen LogP contribution >= 0.6 is 23.5 Å². The SMILES string of the molecule is CCOC(=O)Oc1ccc2cc(SC3SC(=O)NC3=O)ccc2c1. The number of nitrogens with one attached hydrogen (secondary N) is 1. The normalized spacial score (nSPS) is 17.0. The molecule has 0 spiro atoms. The molecule has 1 atom stereocenters. The zero-order valence-electron chi connectivity index (χ0n) is 12.6. The van der Waals surface area contributed by atoms with Crippen LogP contribution < -0.4 is 10.1 Å². The first-order valence-electron chi connectivity index (χ1n) is 7.11. The van der Waals surface area contributed by atoms with Gasteiger partial charge in [-0.15, -0.1) is 11.8 Å². The molecule has 0 radical (unpaired) electrons. The molecule has 8 heteroatoms. The highest BCUT2D eigenvalue weighted by molar-refractivity contribution is 8.26. The molecule has 0 saturated carbocycles. The quantitative estimate of drug-likeness (QED) is 0.654. The Bertz CT molecular complexity index is 823. The van der Waals surface area contributed by atoms with Crippen molar-refractivity contribution in [3.05, 3.63) is 36.4 Å². The van der Waals surface area contributed by atoms with Gasteiger partial charge >= 0.3 is 6.16 Å². The maximum absolute atomic E-state index is 11.6. The number of imide groups is 1. The maximum Gasteiger partial charge on any atom is 0.513 e. The minimum absolute atomic E-state index is 0.252. The number of ether oxygens (including phenoxy) is 2. The average Bonchev–Trinajstić information content (AvgIpc) is 2.85. The molecule has 1 saturated heterocycles. The molecule has 6 nitrogen and oxygen atoms in total. The number of carbonyl (C=O) groups is 3. The molecule has 0 bridgehead atoms. The summed E-state index contributed by atoms with van der Waals surface area (Å²) in [6.45, 7) is 1.96. The van der Waals surface area contributed by atoms with Crippen LogP contribution in [-0.2, 0) is 9.53 Å². The first kappa shape index (κ1) is 16.7. The van der Waals surface area contributed by atoms with E-state index in [0.717, 1.165) is 27.4 Å². The van der Waals surface area contributed by atoms with E-state index in [1.54, 1.807) is 19.1 Å². The number of thioether (sulfide) groups is 2. The molecular weight excluding hydrogens is 350 g/mol. The summed E-state index contributed by atoms with van der Waals surface area (Å²) in [5.41, 5.74) is 0. The van der Waals surface area contributed by atoms with Gasteiger partial charge in [-0.1, -0.05) is 12.1 Å².